The van der Waals surface area contributed by atoms with Crippen LogP contribution in [0.5, 0.6) is 0 Å². The van der Waals surface area contributed by atoms with Crippen molar-refractivity contribution in [2.75, 3.05) is 5.32 Å². The molecule has 7 heteroatoms. The molecule has 2 aromatic heterocycles. The fraction of sp³-hybridized carbons (Fsp3) is 0.263. The molecular weight excluding hydrogens is 333 g/mol. The maximum Gasteiger partial charge on any atom is 0.255 e. The molecule has 1 N–H and O–H groups in total. The molecule has 0 saturated carbocycles. The highest BCUT2D eigenvalue weighted by atomic mass is 19.1. The summed E-state index contributed by atoms with van der Waals surface area (Å²) in [6.45, 7) is 5.85. The number of aromatic nitrogens is 4. The maximum atomic E-state index is 13.0. The number of carbonyl (C=O) groups is 1. The Morgan fingerprint density at radius 2 is 1.88 bits per heavy atom. The van der Waals surface area contributed by atoms with E-state index in [9.17, 15) is 9.18 Å². The molecule has 0 aliphatic carbocycles. The van der Waals surface area contributed by atoms with Gasteiger partial charge in [-0.05, 0) is 29.8 Å². The lowest BCUT2D eigenvalue weighted by Crippen LogP contribution is -2.29. The smallest absolute Gasteiger partial charge is 0.255 e. The molecule has 0 atom stereocenters. The van der Waals surface area contributed by atoms with E-state index in [-0.39, 0.29) is 11.7 Å². The maximum absolute atomic E-state index is 13.0. The summed E-state index contributed by atoms with van der Waals surface area (Å²) in [5.41, 5.74) is 0.822. The van der Waals surface area contributed by atoms with Gasteiger partial charge in [0.2, 0.25) is 11.8 Å². The number of benzene rings is 1. The van der Waals surface area contributed by atoms with E-state index in [0.717, 1.165) is 5.56 Å². The number of rotatable bonds is 4. The van der Waals surface area contributed by atoms with Crippen LogP contribution in [0, 0.1) is 11.2 Å². The Bertz CT molecular complexity index is 898. The minimum atomic E-state index is -0.624. The third-order valence-electron chi connectivity index (χ3n) is 3.70. The normalized spacial score (nSPS) is 11.4. The molecule has 0 fully saturated rings. The van der Waals surface area contributed by atoms with Crippen LogP contribution in [0.25, 0.3) is 11.5 Å². The van der Waals surface area contributed by atoms with Gasteiger partial charge in [-0.1, -0.05) is 39.0 Å². The van der Waals surface area contributed by atoms with Crippen molar-refractivity contribution < 1.29 is 9.18 Å². The van der Waals surface area contributed by atoms with Gasteiger partial charge in [0, 0.05) is 18.2 Å². The fourth-order valence-corrected chi connectivity index (χ4v) is 2.27. The number of carbonyl (C=O) groups excluding carboxylic acids is 1. The zero-order valence-electron chi connectivity index (χ0n) is 14.9. The van der Waals surface area contributed by atoms with Gasteiger partial charge in [-0.15, -0.1) is 5.10 Å². The van der Waals surface area contributed by atoms with Gasteiger partial charge in [0.05, 0.1) is 0 Å². The molecule has 0 aliphatic rings. The summed E-state index contributed by atoms with van der Waals surface area (Å²) in [5, 5.41) is 7.45. The van der Waals surface area contributed by atoms with Gasteiger partial charge < -0.3 is 5.32 Å². The number of halogens is 1. The van der Waals surface area contributed by atoms with Crippen LogP contribution >= 0.6 is 0 Å². The van der Waals surface area contributed by atoms with Crippen molar-refractivity contribution in [2.24, 2.45) is 5.41 Å². The molecule has 0 aliphatic heterocycles. The minimum absolute atomic E-state index is 0.186. The van der Waals surface area contributed by atoms with Crippen LogP contribution < -0.4 is 5.32 Å². The van der Waals surface area contributed by atoms with Gasteiger partial charge in [-0.25, -0.2) is 4.39 Å². The van der Waals surface area contributed by atoms with Crippen LogP contribution in [0.3, 0.4) is 0 Å². The van der Waals surface area contributed by atoms with Crippen LogP contribution in [0.4, 0.5) is 10.3 Å². The minimum Gasteiger partial charge on any atom is -0.350 e. The van der Waals surface area contributed by atoms with E-state index in [1.165, 1.54) is 16.8 Å². The van der Waals surface area contributed by atoms with Gasteiger partial charge in [0.1, 0.15) is 11.5 Å². The second-order valence-corrected chi connectivity index (χ2v) is 6.92. The van der Waals surface area contributed by atoms with Crippen LogP contribution in [0.2, 0.25) is 0 Å². The van der Waals surface area contributed by atoms with Gasteiger partial charge >= 0.3 is 0 Å². The predicted molar refractivity (Wildman–Crippen MR) is 97.1 cm³/mol. The quantitative estimate of drug-likeness (QED) is 0.773. The first-order chi connectivity index (χ1) is 12.3. The van der Waals surface area contributed by atoms with Gasteiger partial charge in [0.15, 0.2) is 0 Å². The lowest BCUT2D eigenvalue weighted by atomic mass is 9.96. The van der Waals surface area contributed by atoms with Gasteiger partial charge in [-0.3, -0.25) is 9.78 Å². The largest absolute Gasteiger partial charge is 0.350 e. The number of nitrogens with one attached hydrogen (secondary N) is 1. The standard InChI is InChI=1S/C19H20FN5O/c1-19(2,3)17(26)25-18(22-12-13-7-9-14(20)10-8-13)23-16(24-25)15-6-4-5-11-21-15/h4-11H,12H2,1-3H3,(H,22,23,24). The van der Waals surface area contributed by atoms with Crippen LogP contribution in [-0.2, 0) is 6.54 Å². The van der Waals surface area contributed by atoms with Crippen LogP contribution in [0.15, 0.2) is 48.7 Å². The van der Waals surface area contributed by atoms with Crippen molar-refractivity contribution in [3.63, 3.8) is 0 Å². The first-order valence-electron chi connectivity index (χ1n) is 8.26. The van der Waals surface area contributed by atoms with E-state index >= 15 is 0 Å². The highest BCUT2D eigenvalue weighted by molar-refractivity contribution is 5.85. The Morgan fingerprint density at radius 1 is 1.15 bits per heavy atom. The summed E-state index contributed by atoms with van der Waals surface area (Å²) in [5.74, 6) is 0.214. The number of hydrogen-bond donors (Lipinski definition) is 1. The molecule has 3 aromatic rings. The van der Waals surface area contributed by atoms with Crippen molar-refractivity contribution in [3.05, 3.63) is 60.0 Å². The van der Waals surface area contributed by atoms with Crippen molar-refractivity contribution in [3.8, 4) is 11.5 Å². The lowest BCUT2D eigenvalue weighted by Gasteiger charge is -2.17. The zero-order chi connectivity index (χ0) is 18.7. The summed E-state index contributed by atoms with van der Waals surface area (Å²) in [4.78, 5) is 21.4. The molecular formula is C19H20FN5O. The molecule has 0 bridgehead atoms. The summed E-state index contributed by atoms with van der Waals surface area (Å²) < 4.78 is 14.3. The van der Waals surface area contributed by atoms with E-state index in [4.69, 9.17) is 0 Å². The number of hydrogen-bond acceptors (Lipinski definition) is 5. The Morgan fingerprint density at radius 3 is 2.50 bits per heavy atom. The average Bonchev–Trinajstić information content (AvgIpc) is 3.04. The number of anilines is 1. The first kappa shape index (κ1) is 17.7. The second kappa shape index (κ2) is 7.03. The van der Waals surface area contributed by atoms with Gasteiger partial charge in [0.25, 0.3) is 5.91 Å². The van der Waals surface area contributed by atoms with Crippen LogP contribution in [0.1, 0.15) is 31.1 Å². The molecule has 0 saturated heterocycles. The third-order valence-corrected chi connectivity index (χ3v) is 3.70. The van der Waals surface area contributed by atoms with E-state index in [1.54, 1.807) is 30.5 Å². The SMILES string of the molecule is CC(C)(C)C(=O)n1nc(-c2ccccn2)nc1NCc1ccc(F)cc1. The third kappa shape index (κ3) is 3.93. The first-order valence-corrected chi connectivity index (χ1v) is 8.26. The molecule has 6 nitrogen and oxygen atoms in total. The number of nitrogens with zero attached hydrogens (tertiary/aromatic N) is 4. The molecule has 0 radical (unpaired) electrons. The summed E-state index contributed by atoms with van der Waals surface area (Å²) >= 11 is 0. The average molecular weight is 353 g/mol. The molecule has 0 amide bonds. The summed E-state index contributed by atoms with van der Waals surface area (Å²) in [7, 11) is 0. The molecule has 2 heterocycles. The van der Waals surface area contributed by atoms with Crippen LogP contribution in [-0.4, -0.2) is 25.7 Å². The molecule has 0 spiro atoms. The van der Waals surface area contributed by atoms with Gasteiger partial charge in [-0.2, -0.15) is 9.67 Å². The highest BCUT2D eigenvalue weighted by Gasteiger charge is 2.28. The van der Waals surface area contributed by atoms with Crippen molar-refractivity contribution in [1.29, 1.82) is 0 Å². The van der Waals surface area contributed by atoms with Crippen molar-refractivity contribution >= 4 is 11.9 Å². The topological polar surface area (TPSA) is 72.7 Å². The van der Waals surface area contributed by atoms with E-state index < -0.39 is 5.41 Å². The predicted octanol–water partition coefficient (Wildman–Crippen LogP) is 3.78. The van der Waals surface area contributed by atoms with E-state index in [2.05, 4.69) is 20.4 Å². The second-order valence-electron chi connectivity index (χ2n) is 6.92. The molecule has 26 heavy (non-hydrogen) atoms. The van der Waals surface area contributed by atoms with E-state index in [0.29, 0.717) is 24.0 Å². The highest BCUT2D eigenvalue weighted by Crippen LogP contribution is 2.22. The van der Waals surface area contributed by atoms with E-state index in [1.807, 2.05) is 26.8 Å². The Kier molecular flexibility index (Phi) is 4.79. The zero-order valence-corrected chi connectivity index (χ0v) is 14.9. The molecule has 0 unspecified atom stereocenters. The number of pyridine rings is 1. The molecule has 1 aromatic carbocycles. The van der Waals surface area contributed by atoms with Crippen molar-refractivity contribution in [2.45, 2.75) is 27.3 Å². The molecule has 134 valence electrons. The fourth-order valence-electron chi connectivity index (χ4n) is 2.27. The van der Waals surface area contributed by atoms with Crippen molar-refractivity contribution in [1.82, 2.24) is 19.7 Å². The lowest BCUT2D eigenvalue weighted by molar-refractivity contribution is 0.0752. The molecule has 3 rings (SSSR count). The Hall–Kier alpha value is -3.09. The summed E-state index contributed by atoms with van der Waals surface area (Å²) in [6.07, 6.45) is 1.65. The summed E-state index contributed by atoms with van der Waals surface area (Å²) in [6, 6.07) is 11.5. The Balaban J connectivity index is 1.92. The Labute approximate surface area is 151 Å². The monoisotopic (exact) mass is 353 g/mol.